The van der Waals surface area contributed by atoms with Gasteiger partial charge >= 0.3 is 5.97 Å². The van der Waals surface area contributed by atoms with E-state index in [2.05, 4.69) is 11.1 Å². The lowest BCUT2D eigenvalue weighted by atomic mass is 10.0. The van der Waals surface area contributed by atoms with Gasteiger partial charge in [0.25, 0.3) is 5.91 Å². The van der Waals surface area contributed by atoms with Gasteiger partial charge in [0.1, 0.15) is 47.0 Å². The summed E-state index contributed by atoms with van der Waals surface area (Å²) in [4.78, 5) is 30.8. The Bertz CT molecular complexity index is 1550. The number of thioether (sulfide) groups is 1. The Hall–Kier alpha value is -3.93. The van der Waals surface area contributed by atoms with Gasteiger partial charge < -0.3 is 19.0 Å². The number of carboxylic acids is 1. The number of oxazole rings is 1. The van der Waals surface area contributed by atoms with Crippen molar-refractivity contribution in [3.05, 3.63) is 105 Å². The van der Waals surface area contributed by atoms with Crippen LogP contribution in [0.2, 0.25) is 0 Å². The van der Waals surface area contributed by atoms with Gasteiger partial charge in [0.05, 0.1) is 4.91 Å². The van der Waals surface area contributed by atoms with Crippen molar-refractivity contribution in [1.82, 2.24) is 9.88 Å². The van der Waals surface area contributed by atoms with Crippen LogP contribution >= 0.6 is 35.3 Å². The number of aliphatic carboxylic acids is 1. The van der Waals surface area contributed by atoms with Crippen LogP contribution in [0.25, 0.3) is 6.08 Å². The molecule has 0 radical (unpaired) electrons. The van der Waals surface area contributed by atoms with E-state index in [1.807, 2.05) is 42.6 Å². The van der Waals surface area contributed by atoms with E-state index in [0.717, 1.165) is 32.7 Å². The first kappa shape index (κ1) is 27.6. The number of carboxylic acid groups (broad SMARTS) is 1. The standard InChI is InChI=1S/C29H24N2O6S3/c1-18-4-2-5-19(10-18)11-25(23-16-35-17-30-23)37-21-8-7-20(24(13-21)36-15-22-6-3-9-39-22)12-26-28(34)31(14-27(32)33)29(38)40-26/h2-10,12-13,16-17,25H,11,14-15H2,1H3,(H,32,33). The van der Waals surface area contributed by atoms with Crippen molar-refractivity contribution in [1.29, 1.82) is 0 Å². The molecule has 2 aromatic heterocycles. The van der Waals surface area contributed by atoms with E-state index in [1.165, 1.54) is 6.39 Å². The van der Waals surface area contributed by atoms with Crippen molar-refractivity contribution in [3.63, 3.8) is 0 Å². The Morgan fingerprint density at radius 2 is 2.10 bits per heavy atom. The Morgan fingerprint density at radius 1 is 1.23 bits per heavy atom. The highest BCUT2D eigenvalue weighted by Gasteiger charge is 2.33. The zero-order valence-corrected chi connectivity index (χ0v) is 23.8. The van der Waals surface area contributed by atoms with Crippen molar-refractivity contribution < 1.29 is 28.6 Å². The molecule has 1 amide bonds. The maximum Gasteiger partial charge on any atom is 0.323 e. The second-order valence-corrected chi connectivity index (χ2v) is 11.7. The maximum atomic E-state index is 12.9. The lowest BCUT2D eigenvalue weighted by molar-refractivity contribution is -0.140. The summed E-state index contributed by atoms with van der Waals surface area (Å²) < 4.78 is 18.0. The van der Waals surface area contributed by atoms with Crippen molar-refractivity contribution in [2.45, 2.75) is 26.1 Å². The summed E-state index contributed by atoms with van der Waals surface area (Å²) in [5.74, 6) is -0.529. The average molecular weight is 593 g/mol. The van der Waals surface area contributed by atoms with E-state index < -0.39 is 24.5 Å². The summed E-state index contributed by atoms with van der Waals surface area (Å²) in [5.41, 5.74) is 3.55. The van der Waals surface area contributed by atoms with Crippen molar-refractivity contribution >= 4 is 57.6 Å². The van der Waals surface area contributed by atoms with Gasteiger partial charge in [0.15, 0.2) is 6.39 Å². The molecule has 4 aromatic rings. The zero-order chi connectivity index (χ0) is 28.1. The number of thiophene rings is 1. The molecule has 0 spiro atoms. The molecular formula is C29H24N2O6S3. The molecule has 1 atom stereocenters. The summed E-state index contributed by atoms with van der Waals surface area (Å²) in [6, 6.07) is 17.5. The fraction of sp³-hybridized carbons (Fsp3) is 0.172. The van der Waals surface area contributed by atoms with E-state index >= 15 is 0 Å². The van der Waals surface area contributed by atoms with Crippen LogP contribution in [0.5, 0.6) is 11.5 Å². The molecule has 0 saturated carbocycles. The molecule has 8 nitrogen and oxygen atoms in total. The Labute approximate surface area is 244 Å². The molecule has 1 fully saturated rings. The Kier molecular flexibility index (Phi) is 8.63. The number of aromatic nitrogens is 1. The largest absolute Gasteiger partial charge is 0.487 e. The minimum atomic E-state index is -1.13. The van der Waals surface area contributed by atoms with Gasteiger partial charge in [-0.1, -0.05) is 59.9 Å². The highest BCUT2D eigenvalue weighted by Crippen LogP contribution is 2.36. The van der Waals surface area contributed by atoms with Crippen LogP contribution in [-0.2, 0) is 22.6 Å². The van der Waals surface area contributed by atoms with Crippen LogP contribution in [0.3, 0.4) is 0 Å². The second kappa shape index (κ2) is 12.5. The third-order valence-corrected chi connectivity index (χ3v) is 8.18. The monoisotopic (exact) mass is 592 g/mol. The molecule has 1 aliphatic heterocycles. The Balaban J connectivity index is 1.44. The second-order valence-electron chi connectivity index (χ2n) is 8.94. The number of carbonyl (C=O) groups is 2. The number of hydrogen-bond acceptors (Lipinski definition) is 9. The van der Waals surface area contributed by atoms with Crippen LogP contribution in [-0.4, -0.2) is 37.7 Å². The number of thiocarbonyl (C=S) groups is 1. The number of benzene rings is 2. The maximum absolute atomic E-state index is 12.9. The molecular weight excluding hydrogens is 569 g/mol. The van der Waals surface area contributed by atoms with Gasteiger partial charge in [0.2, 0.25) is 0 Å². The first-order valence-electron chi connectivity index (χ1n) is 12.2. The van der Waals surface area contributed by atoms with Crippen LogP contribution < -0.4 is 9.47 Å². The zero-order valence-electron chi connectivity index (χ0n) is 21.3. The SMILES string of the molecule is Cc1cccc(CC(Oc2ccc(C=C3SC(=S)N(CC(=O)O)C3=O)c(OCc3cccs3)c2)c2cocn2)c1. The highest BCUT2D eigenvalue weighted by atomic mass is 32.2. The van der Waals surface area contributed by atoms with Crippen molar-refractivity contribution in [3.8, 4) is 11.5 Å². The predicted octanol–water partition coefficient (Wildman–Crippen LogP) is 6.27. The average Bonchev–Trinajstić information content (AvgIpc) is 3.69. The molecule has 40 heavy (non-hydrogen) atoms. The summed E-state index contributed by atoms with van der Waals surface area (Å²) in [7, 11) is 0. The molecule has 3 heterocycles. The first-order valence-corrected chi connectivity index (χ1v) is 14.3. The lowest BCUT2D eigenvalue weighted by Gasteiger charge is -2.19. The van der Waals surface area contributed by atoms with E-state index in [-0.39, 0.29) is 4.32 Å². The normalized spacial score (nSPS) is 15.0. The lowest BCUT2D eigenvalue weighted by Crippen LogP contribution is -2.33. The third kappa shape index (κ3) is 6.79. The van der Waals surface area contributed by atoms with Gasteiger partial charge in [-0.05, 0) is 42.1 Å². The van der Waals surface area contributed by atoms with Crippen LogP contribution in [0.4, 0.5) is 0 Å². The smallest absolute Gasteiger partial charge is 0.323 e. The Morgan fingerprint density at radius 3 is 2.83 bits per heavy atom. The molecule has 11 heteroatoms. The van der Waals surface area contributed by atoms with Gasteiger partial charge in [-0.25, -0.2) is 4.98 Å². The topological polar surface area (TPSA) is 102 Å². The minimum Gasteiger partial charge on any atom is -0.487 e. The van der Waals surface area contributed by atoms with E-state index in [1.54, 1.807) is 41.9 Å². The molecule has 1 aliphatic rings. The number of amides is 1. The predicted molar refractivity (Wildman–Crippen MR) is 157 cm³/mol. The number of carbonyl (C=O) groups excluding carboxylic acids is 1. The summed E-state index contributed by atoms with van der Waals surface area (Å²) in [6.45, 7) is 1.89. The van der Waals surface area contributed by atoms with Crippen molar-refractivity contribution in [2.24, 2.45) is 0 Å². The quantitative estimate of drug-likeness (QED) is 0.159. The molecule has 0 bridgehead atoms. The number of aryl methyl sites for hydroxylation is 1. The molecule has 1 unspecified atom stereocenters. The number of hydrogen-bond donors (Lipinski definition) is 1. The van der Waals surface area contributed by atoms with Crippen molar-refractivity contribution in [2.75, 3.05) is 6.54 Å². The third-order valence-electron chi connectivity index (χ3n) is 5.95. The van der Waals surface area contributed by atoms with Gasteiger partial charge in [-0.15, -0.1) is 11.3 Å². The van der Waals surface area contributed by atoms with Gasteiger partial charge in [-0.3, -0.25) is 14.5 Å². The van der Waals surface area contributed by atoms with Gasteiger partial charge in [-0.2, -0.15) is 0 Å². The first-order chi connectivity index (χ1) is 19.4. The van der Waals surface area contributed by atoms with E-state index in [4.69, 9.17) is 31.2 Å². The molecule has 204 valence electrons. The molecule has 1 N–H and O–H groups in total. The van der Waals surface area contributed by atoms with Crippen LogP contribution in [0.1, 0.15) is 33.4 Å². The summed E-state index contributed by atoms with van der Waals surface area (Å²) in [5, 5.41) is 11.1. The van der Waals surface area contributed by atoms with Gasteiger partial charge in [0, 0.05) is 22.9 Å². The molecule has 1 saturated heterocycles. The summed E-state index contributed by atoms with van der Waals surface area (Å²) in [6.07, 6.45) is 4.77. The molecule has 5 rings (SSSR count). The van der Waals surface area contributed by atoms with Crippen LogP contribution in [0, 0.1) is 6.92 Å². The molecule has 2 aromatic carbocycles. The molecule has 0 aliphatic carbocycles. The van der Waals surface area contributed by atoms with E-state index in [9.17, 15) is 9.59 Å². The fourth-order valence-corrected chi connectivity index (χ4v) is 5.96. The summed E-state index contributed by atoms with van der Waals surface area (Å²) >= 11 is 7.87. The number of ether oxygens (including phenoxy) is 2. The van der Waals surface area contributed by atoms with E-state index in [0.29, 0.717) is 40.7 Å². The minimum absolute atomic E-state index is 0.200. The van der Waals surface area contributed by atoms with Crippen LogP contribution in [0.15, 0.2) is 82.0 Å². The number of nitrogens with zero attached hydrogens (tertiary/aromatic N) is 2. The number of rotatable bonds is 11. The highest BCUT2D eigenvalue weighted by molar-refractivity contribution is 8.26. The fourth-order valence-electron chi connectivity index (χ4n) is 4.09.